The third kappa shape index (κ3) is 6.86. The fourth-order valence-corrected chi connectivity index (χ4v) is 4.37. The van der Waals surface area contributed by atoms with Gasteiger partial charge in [0, 0.05) is 24.7 Å². The quantitative estimate of drug-likeness (QED) is 0.626. The van der Waals surface area contributed by atoms with Crippen LogP contribution in [0.25, 0.3) is 11.1 Å². The number of benzene rings is 1. The summed E-state index contributed by atoms with van der Waals surface area (Å²) >= 11 is 0. The van der Waals surface area contributed by atoms with Crippen molar-refractivity contribution >= 4 is 22.3 Å². The number of piperidine rings is 1. The lowest BCUT2D eigenvalue weighted by atomic mass is 10.0. The lowest BCUT2D eigenvalue weighted by molar-refractivity contribution is -0.0106. The summed E-state index contributed by atoms with van der Waals surface area (Å²) in [6.07, 6.45) is 4.33. The van der Waals surface area contributed by atoms with E-state index < -0.39 is 40.2 Å². The molecule has 2 aromatic rings. The average molecular weight is 497 g/mol. The molecule has 0 saturated carbocycles. The topological polar surface area (TPSA) is 120 Å². The van der Waals surface area contributed by atoms with Crippen molar-refractivity contribution in [2.24, 2.45) is 5.73 Å². The Labute approximate surface area is 200 Å². The van der Waals surface area contributed by atoms with Gasteiger partial charge in [0.2, 0.25) is 0 Å². The standard InChI is InChI=1S/C23H33FN4O5S/c1-23(2,3)33-22(30)27-9-8-20(18(24)13-27)32-19-7-6-15(10-17(19)21(25)29)16-11-26-28(12-16)14-34(4,5)31/h6-7,10-12,18,20,31H,8-9,13-14H2,1-5H3,(H2,25,29)/t18-,20-/m0/s1. The van der Waals surface area contributed by atoms with E-state index >= 15 is 0 Å². The molecule has 188 valence electrons. The third-order valence-electron chi connectivity index (χ3n) is 5.07. The molecule has 9 nitrogen and oxygen atoms in total. The number of carbonyl (C=O) groups excluding carboxylic acids is 2. The van der Waals surface area contributed by atoms with Gasteiger partial charge in [-0.25, -0.2) is 9.18 Å². The van der Waals surface area contributed by atoms with Crippen LogP contribution in [-0.4, -0.2) is 74.7 Å². The van der Waals surface area contributed by atoms with Crippen molar-refractivity contribution in [3.63, 3.8) is 0 Å². The fourth-order valence-electron chi connectivity index (χ4n) is 3.58. The number of halogens is 1. The molecule has 1 aromatic carbocycles. The molecule has 2 atom stereocenters. The minimum absolute atomic E-state index is 0.125. The first kappa shape index (κ1) is 25.8. The second-order valence-corrected chi connectivity index (χ2v) is 13.1. The van der Waals surface area contributed by atoms with Crippen LogP contribution in [-0.2, 0) is 10.6 Å². The summed E-state index contributed by atoms with van der Waals surface area (Å²) in [4.78, 5) is 25.7. The number of nitrogens with zero attached hydrogens (tertiary/aromatic N) is 3. The second kappa shape index (κ2) is 9.83. The highest BCUT2D eigenvalue weighted by molar-refractivity contribution is 8.27. The lowest BCUT2D eigenvalue weighted by Gasteiger charge is -2.35. The Balaban J connectivity index is 1.72. The SMILES string of the molecule is CC(C)(C)OC(=O)N1CC[C@H](Oc2ccc(-c3cnn(CS(C)(C)O)c3)cc2C(N)=O)[C@@H](F)C1. The van der Waals surface area contributed by atoms with Gasteiger partial charge in [-0.05, 0) is 51.0 Å². The molecule has 34 heavy (non-hydrogen) atoms. The van der Waals surface area contributed by atoms with Crippen molar-refractivity contribution in [3.05, 3.63) is 36.2 Å². The number of carbonyl (C=O) groups is 2. The molecular weight excluding hydrogens is 463 g/mol. The van der Waals surface area contributed by atoms with E-state index in [0.717, 1.165) is 5.56 Å². The van der Waals surface area contributed by atoms with Crippen molar-refractivity contribution in [1.29, 1.82) is 0 Å². The molecule has 0 unspecified atom stereocenters. The van der Waals surface area contributed by atoms with Crippen LogP contribution >= 0.6 is 10.3 Å². The number of hydrogen-bond donors (Lipinski definition) is 2. The minimum atomic E-state index is -1.78. The predicted octanol–water partition coefficient (Wildman–Crippen LogP) is 3.87. The molecule has 11 heteroatoms. The monoisotopic (exact) mass is 496 g/mol. The van der Waals surface area contributed by atoms with Crippen LogP contribution in [0.1, 0.15) is 37.6 Å². The highest BCUT2D eigenvalue weighted by Crippen LogP contribution is 2.36. The first-order valence-corrected chi connectivity index (χ1v) is 13.5. The summed E-state index contributed by atoms with van der Waals surface area (Å²) < 4.78 is 37.7. The van der Waals surface area contributed by atoms with Gasteiger partial charge >= 0.3 is 6.09 Å². The molecule has 1 aliphatic rings. The van der Waals surface area contributed by atoms with Gasteiger partial charge in [0.25, 0.3) is 5.91 Å². The van der Waals surface area contributed by atoms with E-state index in [-0.39, 0.29) is 30.8 Å². The van der Waals surface area contributed by atoms with E-state index in [0.29, 0.717) is 11.4 Å². The van der Waals surface area contributed by atoms with Gasteiger partial charge in [-0.1, -0.05) is 6.07 Å². The molecule has 1 aliphatic heterocycles. The second-order valence-electron chi connectivity index (χ2n) is 9.84. The van der Waals surface area contributed by atoms with Crippen molar-refractivity contribution in [3.8, 4) is 16.9 Å². The maximum absolute atomic E-state index is 14.9. The van der Waals surface area contributed by atoms with Crippen LogP contribution in [0.2, 0.25) is 0 Å². The van der Waals surface area contributed by atoms with E-state index in [9.17, 15) is 18.5 Å². The molecule has 2 amide bonds. The van der Waals surface area contributed by atoms with Crippen LogP contribution in [0, 0.1) is 0 Å². The lowest BCUT2D eigenvalue weighted by Crippen LogP contribution is -2.50. The van der Waals surface area contributed by atoms with Crippen molar-refractivity contribution in [2.45, 2.75) is 50.9 Å². The van der Waals surface area contributed by atoms with E-state index in [1.165, 1.54) is 4.90 Å². The van der Waals surface area contributed by atoms with Gasteiger partial charge < -0.3 is 24.7 Å². The Morgan fingerprint density at radius 1 is 1.29 bits per heavy atom. The Hall–Kier alpha value is -2.79. The summed E-state index contributed by atoms with van der Waals surface area (Å²) in [5, 5.41) is 4.26. The minimum Gasteiger partial charge on any atom is -0.486 e. The van der Waals surface area contributed by atoms with Gasteiger partial charge in [-0.15, -0.1) is 10.3 Å². The molecule has 3 N–H and O–H groups in total. The third-order valence-corrected chi connectivity index (χ3v) is 5.97. The number of primary amides is 1. The first-order chi connectivity index (χ1) is 15.7. The smallest absolute Gasteiger partial charge is 0.410 e. The van der Waals surface area contributed by atoms with Crippen LogP contribution in [0.3, 0.4) is 0 Å². The summed E-state index contributed by atoms with van der Waals surface area (Å²) in [5.41, 5.74) is 6.47. The predicted molar refractivity (Wildman–Crippen MR) is 130 cm³/mol. The molecule has 1 fully saturated rings. The van der Waals surface area contributed by atoms with Gasteiger partial charge in [0.05, 0.1) is 24.2 Å². The highest BCUT2D eigenvalue weighted by Gasteiger charge is 2.35. The molecule has 3 rings (SSSR count). The Morgan fingerprint density at radius 2 is 2.00 bits per heavy atom. The maximum Gasteiger partial charge on any atom is 0.410 e. The van der Waals surface area contributed by atoms with Crippen LogP contribution in [0.15, 0.2) is 30.6 Å². The molecule has 1 saturated heterocycles. The molecule has 0 aliphatic carbocycles. The van der Waals surface area contributed by atoms with Gasteiger partial charge in [-0.2, -0.15) is 5.10 Å². The summed E-state index contributed by atoms with van der Waals surface area (Å²) in [6, 6.07) is 4.91. The molecule has 2 heterocycles. The van der Waals surface area contributed by atoms with E-state index in [2.05, 4.69) is 5.10 Å². The van der Waals surface area contributed by atoms with Crippen LogP contribution in [0.4, 0.5) is 9.18 Å². The van der Waals surface area contributed by atoms with E-state index in [4.69, 9.17) is 15.2 Å². The largest absolute Gasteiger partial charge is 0.486 e. The Morgan fingerprint density at radius 3 is 2.59 bits per heavy atom. The number of ether oxygens (including phenoxy) is 2. The first-order valence-electron chi connectivity index (χ1n) is 10.9. The fraction of sp³-hybridized carbons (Fsp3) is 0.522. The van der Waals surface area contributed by atoms with Gasteiger partial charge in [0.15, 0.2) is 6.17 Å². The highest BCUT2D eigenvalue weighted by atomic mass is 32.3. The van der Waals surface area contributed by atoms with Crippen molar-refractivity contribution in [2.75, 3.05) is 25.6 Å². The van der Waals surface area contributed by atoms with E-state index in [1.54, 1.807) is 68.6 Å². The maximum atomic E-state index is 14.9. The normalized spacial score (nSPS) is 19.6. The Bertz CT molecular complexity index is 1050. The van der Waals surface area contributed by atoms with Crippen LogP contribution in [0.5, 0.6) is 5.75 Å². The van der Waals surface area contributed by atoms with Crippen LogP contribution < -0.4 is 10.5 Å². The molecule has 0 spiro atoms. The number of amides is 2. The summed E-state index contributed by atoms with van der Waals surface area (Å²) in [6.45, 7) is 5.37. The number of alkyl halides is 1. The molecule has 0 bridgehead atoms. The number of aromatic nitrogens is 2. The van der Waals surface area contributed by atoms with Crippen molar-refractivity contribution < 1.29 is 28.0 Å². The van der Waals surface area contributed by atoms with E-state index in [1.807, 2.05) is 0 Å². The number of nitrogens with two attached hydrogens (primary N) is 1. The molecule has 0 radical (unpaired) electrons. The zero-order valence-electron chi connectivity index (χ0n) is 20.2. The van der Waals surface area contributed by atoms with Crippen molar-refractivity contribution in [1.82, 2.24) is 14.7 Å². The zero-order valence-corrected chi connectivity index (χ0v) is 21.0. The summed E-state index contributed by atoms with van der Waals surface area (Å²) in [7, 11) is -1.78. The average Bonchev–Trinajstić information content (AvgIpc) is 3.14. The number of hydrogen-bond acceptors (Lipinski definition) is 6. The van der Waals surface area contributed by atoms with Gasteiger partial charge in [0.1, 0.15) is 17.5 Å². The Kier molecular flexibility index (Phi) is 7.47. The number of rotatable bonds is 6. The summed E-state index contributed by atoms with van der Waals surface area (Å²) in [5.74, 6) is -0.133. The molecule has 1 aromatic heterocycles. The molecular formula is C23H33FN4O5S. The zero-order chi connectivity index (χ0) is 25.3. The van der Waals surface area contributed by atoms with Gasteiger partial charge in [-0.3, -0.25) is 9.48 Å². The number of likely N-dealkylation sites (tertiary alicyclic amines) is 1.